The van der Waals surface area contributed by atoms with Gasteiger partial charge in [-0.25, -0.2) is 4.99 Å². The zero-order valence-electron chi connectivity index (χ0n) is 20.6. The molecule has 4 aromatic rings. The van der Waals surface area contributed by atoms with Crippen molar-refractivity contribution < 1.29 is 19.0 Å². The van der Waals surface area contributed by atoms with Gasteiger partial charge in [-0.2, -0.15) is 0 Å². The number of nitrogens with zero attached hydrogens (tertiary/aromatic N) is 1. The van der Waals surface area contributed by atoms with Crippen LogP contribution in [0.3, 0.4) is 0 Å². The summed E-state index contributed by atoms with van der Waals surface area (Å²) in [7, 11) is 1.60. The third kappa shape index (κ3) is 5.95. The SMILES string of the molecule is CCOc1ccc(N=C2NC(=O)/C(=C\c3ccc(OCc4ccc5ccccc5c4)c(OC)c3)S2)cc1. The second kappa shape index (κ2) is 11.2. The Bertz CT molecular complexity index is 1500. The molecule has 0 atom stereocenters. The van der Waals surface area contributed by atoms with E-state index in [1.807, 2.05) is 67.6 Å². The molecule has 186 valence electrons. The first-order chi connectivity index (χ1) is 18.1. The molecule has 37 heavy (non-hydrogen) atoms. The van der Waals surface area contributed by atoms with Crippen molar-refractivity contribution in [2.24, 2.45) is 4.99 Å². The predicted molar refractivity (Wildman–Crippen MR) is 150 cm³/mol. The minimum atomic E-state index is -0.190. The quantitative estimate of drug-likeness (QED) is 0.267. The molecule has 0 radical (unpaired) electrons. The maximum atomic E-state index is 12.5. The average Bonchev–Trinajstić information content (AvgIpc) is 3.26. The molecule has 4 aromatic carbocycles. The Morgan fingerprint density at radius 3 is 2.49 bits per heavy atom. The molecule has 1 aliphatic rings. The van der Waals surface area contributed by atoms with Gasteiger partial charge in [-0.05, 0) is 89.1 Å². The van der Waals surface area contributed by atoms with Crippen LogP contribution in [-0.4, -0.2) is 24.8 Å². The molecule has 6 nitrogen and oxygen atoms in total. The van der Waals surface area contributed by atoms with E-state index >= 15 is 0 Å². The Hall–Kier alpha value is -4.23. The molecule has 0 unspecified atom stereocenters. The van der Waals surface area contributed by atoms with Crippen LogP contribution >= 0.6 is 11.8 Å². The first kappa shape index (κ1) is 24.5. The molecule has 1 aliphatic heterocycles. The number of ether oxygens (including phenoxy) is 3. The molecular formula is C30H26N2O4S. The number of hydrogen-bond donors (Lipinski definition) is 1. The van der Waals surface area contributed by atoms with E-state index < -0.39 is 0 Å². The zero-order valence-corrected chi connectivity index (χ0v) is 21.4. The molecule has 1 N–H and O–H groups in total. The molecule has 0 bridgehead atoms. The topological polar surface area (TPSA) is 69.2 Å². The molecule has 7 heteroatoms. The van der Waals surface area contributed by atoms with Crippen LogP contribution in [0.4, 0.5) is 5.69 Å². The lowest BCUT2D eigenvalue weighted by Crippen LogP contribution is -2.19. The summed E-state index contributed by atoms with van der Waals surface area (Å²) >= 11 is 1.30. The highest BCUT2D eigenvalue weighted by Gasteiger charge is 2.24. The van der Waals surface area contributed by atoms with Crippen LogP contribution in [0, 0.1) is 0 Å². The van der Waals surface area contributed by atoms with E-state index in [1.54, 1.807) is 7.11 Å². The van der Waals surface area contributed by atoms with Gasteiger partial charge < -0.3 is 19.5 Å². The molecule has 0 aliphatic carbocycles. The number of nitrogens with one attached hydrogen (secondary N) is 1. The minimum Gasteiger partial charge on any atom is -0.494 e. The maximum absolute atomic E-state index is 12.5. The summed E-state index contributed by atoms with van der Waals surface area (Å²) in [5, 5.41) is 5.73. The Balaban J connectivity index is 1.27. The van der Waals surface area contributed by atoms with Crippen molar-refractivity contribution in [3.05, 3.63) is 101 Å². The molecule has 5 rings (SSSR count). The second-order valence-electron chi connectivity index (χ2n) is 8.29. The fraction of sp³-hybridized carbons (Fsp3) is 0.133. The van der Waals surface area contributed by atoms with Gasteiger partial charge in [-0.15, -0.1) is 0 Å². The number of carbonyl (C=O) groups is 1. The summed E-state index contributed by atoms with van der Waals surface area (Å²) in [4.78, 5) is 17.6. The summed E-state index contributed by atoms with van der Waals surface area (Å²) in [5.41, 5.74) is 2.64. The molecule has 1 fully saturated rings. The first-order valence-electron chi connectivity index (χ1n) is 11.9. The molecule has 1 heterocycles. The molecule has 1 saturated heterocycles. The smallest absolute Gasteiger partial charge is 0.264 e. The van der Waals surface area contributed by atoms with Crippen LogP contribution in [0.1, 0.15) is 18.1 Å². The molecule has 0 aromatic heterocycles. The summed E-state index contributed by atoms with van der Waals surface area (Å²) in [5.74, 6) is 1.83. The summed E-state index contributed by atoms with van der Waals surface area (Å²) in [6.07, 6.45) is 1.82. The minimum absolute atomic E-state index is 0.190. The van der Waals surface area contributed by atoms with Crippen LogP contribution in [0.5, 0.6) is 17.2 Å². The van der Waals surface area contributed by atoms with Crippen LogP contribution in [0.15, 0.2) is 94.8 Å². The number of rotatable bonds is 8. The van der Waals surface area contributed by atoms with E-state index in [-0.39, 0.29) is 5.91 Å². The zero-order chi connectivity index (χ0) is 25.6. The number of carbonyl (C=O) groups excluding carboxylic acids is 1. The third-order valence-electron chi connectivity index (χ3n) is 5.72. The molecule has 0 saturated carbocycles. The van der Waals surface area contributed by atoms with Gasteiger partial charge in [0, 0.05) is 0 Å². The number of thioether (sulfide) groups is 1. The van der Waals surface area contributed by atoms with Gasteiger partial charge in [0.1, 0.15) is 12.4 Å². The van der Waals surface area contributed by atoms with Gasteiger partial charge in [0.25, 0.3) is 5.91 Å². The number of fused-ring (bicyclic) bond motifs is 1. The van der Waals surface area contributed by atoms with Gasteiger partial charge in [0.05, 0.1) is 24.3 Å². The number of methoxy groups -OCH3 is 1. The molecule has 1 amide bonds. The van der Waals surface area contributed by atoms with Gasteiger partial charge >= 0.3 is 0 Å². The average molecular weight is 511 g/mol. The fourth-order valence-electron chi connectivity index (χ4n) is 3.92. The lowest BCUT2D eigenvalue weighted by Gasteiger charge is -2.12. The molecule has 0 spiro atoms. The number of hydrogen-bond acceptors (Lipinski definition) is 6. The largest absolute Gasteiger partial charge is 0.494 e. The second-order valence-corrected chi connectivity index (χ2v) is 9.32. The Morgan fingerprint density at radius 1 is 0.892 bits per heavy atom. The Labute approximate surface area is 220 Å². The van der Waals surface area contributed by atoms with Crippen molar-refractivity contribution >= 4 is 45.4 Å². The highest BCUT2D eigenvalue weighted by Crippen LogP contribution is 2.33. The lowest BCUT2D eigenvalue weighted by molar-refractivity contribution is -0.115. The van der Waals surface area contributed by atoms with E-state index in [1.165, 1.54) is 22.5 Å². The Morgan fingerprint density at radius 2 is 1.70 bits per heavy atom. The van der Waals surface area contributed by atoms with Crippen molar-refractivity contribution in [2.45, 2.75) is 13.5 Å². The number of benzene rings is 4. The highest BCUT2D eigenvalue weighted by molar-refractivity contribution is 8.18. The van der Waals surface area contributed by atoms with E-state index in [0.717, 1.165) is 22.6 Å². The van der Waals surface area contributed by atoms with Gasteiger partial charge in [0.15, 0.2) is 16.7 Å². The van der Waals surface area contributed by atoms with Gasteiger partial charge in [0.2, 0.25) is 0 Å². The summed E-state index contributed by atoms with van der Waals surface area (Å²) in [6, 6.07) is 27.6. The highest BCUT2D eigenvalue weighted by atomic mass is 32.2. The normalized spacial score (nSPS) is 15.2. The fourth-order valence-corrected chi connectivity index (χ4v) is 4.76. The third-order valence-corrected chi connectivity index (χ3v) is 6.63. The predicted octanol–water partition coefficient (Wildman–Crippen LogP) is 6.72. The van der Waals surface area contributed by atoms with E-state index in [0.29, 0.717) is 34.8 Å². The van der Waals surface area contributed by atoms with E-state index in [9.17, 15) is 4.79 Å². The number of amides is 1. The molecular weight excluding hydrogens is 484 g/mol. The number of aliphatic imine (C=N–C) groups is 1. The van der Waals surface area contributed by atoms with Crippen molar-refractivity contribution in [3.8, 4) is 17.2 Å². The van der Waals surface area contributed by atoms with Crippen molar-refractivity contribution in [1.29, 1.82) is 0 Å². The van der Waals surface area contributed by atoms with Crippen LogP contribution in [0.25, 0.3) is 16.8 Å². The van der Waals surface area contributed by atoms with Gasteiger partial charge in [-0.1, -0.05) is 42.5 Å². The summed E-state index contributed by atoms with van der Waals surface area (Å²) < 4.78 is 17.1. The van der Waals surface area contributed by atoms with E-state index in [2.05, 4.69) is 40.6 Å². The Kier molecular flexibility index (Phi) is 7.42. The number of amidine groups is 1. The van der Waals surface area contributed by atoms with Crippen LogP contribution in [0.2, 0.25) is 0 Å². The summed E-state index contributed by atoms with van der Waals surface area (Å²) in [6.45, 7) is 2.97. The van der Waals surface area contributed by atoms with Crippen LogP contribution in [-0.2, 0) is 11.4 Å². The monoisotopic (exact) mass is 510 g/mol. The lowest BCUT2D eigenvalue weighted by atomic mass is 10.1. The standard InChI is InChI=1S/C30H26N2O4S/c1-3-35-25-13-11-24(12-14-25)31-30-32-29(33)28(37-30)18-20-9-15-26(27(17-20)34-2)36-19-21-8-10-22-6-4-5-7-23(22)16-21/h4-18H,3,19H2,1-2H3,(H,31,32,33)/b28-18+. The van der Waals surface area contributed by atoms with Crippen molar-refractivity contribution in [3.63, 3.8) is 0 Å². The van der Waals surface area contributed by atoms with Crippen LogP contribution < -0.4 is 19.5 Å². The van der Waals surface area contributed by atoms with E-state index in [4.69, 9.17) is 14.2 Å². The van der Waals surface area contributed by atoms with Crippen molar-refractivity contribution in [2.75, 3.05) is 13.7 Å². The first-order valence-corrected chi connectivity index (χ1v) is 12.7. The van der Waals surface area contributed by atoms with Gasteiger partial charge in [-0.3, -0.25) is 4.79 Å². The maximum Gasteiger partial charge on any atom is 0.264 e. The van der Waals surface area contributed by atoms with Crippen molar-refractivity contribution in [1.82, 2.24) is 5.32 Å².